The first-order valence-corrected chi connectivity index (χ1v) is 5.44. The molecule has 0 saturated carbocycles. The molecule has 0 radical (unpaired) electrons. The number of halogens is 1. The number of carbonyl (C=O) groups is 1. The summed E-state index contributed by atoms with van der Waals surface area (Å²) in [5, 5.41) is 19.4. The Kier molecular flexibility index (Phi) is 2.42. The maximum atomic E-state index is 11.2. The van der Waals surface area contributed by atoms with Crippen molar-refractivity contribution >= 4 is 32.8 Å². The molecule has 0 bridgehead atoms. The van der Waals surface area contributed by atoms with E-state index in [9.17, 15) is 9.90 Å². The molecular formula is C11H10BrNO3. The van der Waals surface area contributed by atoms with Gasteiger partial charge in [-0.1, -0.05) is 0 Å². The fourth-order valence-electron chi connectivity index (χ4n) is 1.87. The van der Waals surface area contributed by atoms with Crippen molar-refractivity contribution < 1.29 is 15.0 Å². The Bertz CT molecular complexity index is 601. The third kappa shape index (κ3) is 1.31. The fourth-order valence-corrected chi connectivity index (χ4v) is 2.20. The zero-order valence-electron chi connectivity index (χ0n) is 8.78. The van der Waals surface area contributed by atoms with Crippen LogP contribution in [0.15, 0.2) is 16.6 Å². The number of carboxylic acids is 1. The average Bonchev–Trinajstić information content (AvgIpc) is 2.47. The number of aromatic carboxylic acids is 1. The Morgan fingerprint density at radius 1 is 1.44 bits per heavy atom. The number of fused-ring (bicyclic) bond motifs is 1. The summed E-state index contributed by atoms with van der Waals surface area (Å²) in [5.74, 6) is -1.06. The molecule has 0 aliphatic heterocycles. The van der Waals surface area contributed by atoms with Crippen LogP contribution >= 0.6 is 15.9 Å². The van der Waals surface area contributed by atoms with Gasteiger partial charge in [0.25, 0.3) is 0 Å². The van der Waals surface area contributed by atoms with Crippen LogP contribution in [0.25, 0.3) is 10.9 Å². The maximum absolute atomic E-state index is 11.2. The van der Waals surface area contributed by atoms with Gasteiger partial charge in [0.1, 0.15) is 5.75 Å². The number of aryl methyl sites for hydroxylation is 1. The molecule has 1 heterocycles. The Morgan fingerprint density at radius 2 is 2.06 bits per heavy atom. The van der Waals surface area contributed by atoms with Gasteiger partial charge < -0.3 is 14.8 Å². The summed E-state index contributed by atoms with van der Waals surface area (Å²) in [4.78, 5) is 11.2. The van der Waals surface area contributed by atoms with E-state index in [2.05, 4.69) is 15.9 Å². The lowest BCUT2D eigenvalue weighted by Crippen LogP contribution is -1.99. The Hall–Kier alpha value is -1.49. The van der Waals surface area contributed by atoms with E-state index in [1.54, 1.807) is 30.7 Å². The van der Waals surface area contributed by atoms with Crippen molar-refractivity contribution in [2.45, 2.75) is 6.92 Å². The third-order valence-corrected chi connectivity index (χ3v) is 3.44. The first-order valence-electron chi connectivity index (χ1n) is 4.65. The van der Waals surface area contributed by atoms with Gasteiger partial charge >= 0.3 is 5.97 Å². The predicted octanol–water partition coefficient (Wildman–Crippen LogP) is 2.65. The number of hydrogen-bond donors (Lipinski definition) is 2. The van der Waals surface area contributed by atoms with Gasteiger partial charge in [-0.05, 0) is 35.0 Å². The molecule has 0 aliphatic rings. The topological polar surface area (TPSA) is 62.5 Å². The zero-order valence-corrected chi connectivity index (χ0v) is 10.4. The van der Waals surface area contributed by atoms with E-state index in [0.717, 1.165) is 0 Å². The smallest absolute Gasteiger partial charge is 0.338 e. The molecule has 2 N–H and O–H groups in total. The van der Waals surface area contributed by atoms with Gasteiger partial charge in [-0.25, -0.2) is 4.79 Å². The summed E-state index contributed by atoms with van der Waals surface area (Å²) in [6.07, 6.45) is 0. The number of phenolic OH excluding ortho intramolecular Hbond substituents is 1. The van der Waals surface area contributed by atoms with Crippen molar-refractivity contribution in [1.29, 1.82) is 0 Å². The molecule has 2 rings (SSSR count). The van der Waals surface area contributed by atoms with Crippen molar-refractivity contribution in [2.75, 3.05) is 0 Å². The van der Waals surface area contributed by atoms with E-state index in [0.29, 0.717) is 21.1 Å². The molecule has 2 aromatic rings. The van der Waals surface area contributed by atoms with Crippen LogP contribution in [0, 0.1) is 6.92 Å². The molecule has 5 heteroatoms. The van der Waals surface area contributed by atoms with E-state index in [1.165, 1.54) is 0 Å². The second-order valence-corrected chi connectivity index (χ2v) is 4.47. The van der Waals surface area contributed by atoms with Gasteiger partial charge in [0.05, 0.1) is 20.9 Å². The zero-order chi connectivity index (χ0) is 12.0. The lowest BCUT2D eigenvalue weighted by atomic mass is 10.1. The first-order chi connectivity index (χ1) is 7.45. The van der Waals surface area contributed by atoms with E-state index >= 15 is 0 Å². The summed E-state index contributed by atoms with van der Waals surface area (Å²) >= 11 is 3.18. The molecule has 0 aliphatic carbocycles. The minimum Gasteiger partial charge on any atom is -0.506 e. The number of nitrogens with zero attached hydrogens (tertiary/aromatic N) is 1. The predicted molar refractivity (Wildman–Crippen MR) is 64.0 cm³/mol. The quantitative estimate of drug-likeness (QED) is 0.846. The lowest BCUT2D eigenvalue weighted by Gasteiger charge is -2.00. The summed E-state index contributed by atoms with van der Waals surface area (Å²) in [7, 11) is 1.78. The second kappa shape index (κ2) is 3.52. The van der Waals surface area contributed by atoms with Crippen molar-refractivity contribution in [3.8, 4) is 5.75 Å². The van der Waals surface area contributed by atoms with E-state index < -0.39 is 5.97 Å². The van der Waals surface area contributed by atoms with E-state index in [-0.39, 0.29) is 11.3 Å². The van der Waals surface area contributed by atoms with Crippen LogP contribution in [0.1, 0.15) is 16.1 Å². The molecule has 0 fully saturated rings. The van der Waals surface area contributed by atoms with Crippen LogP contribution < -0.4 is 0 Å². The highest BCUT2D eigenvalue weighted by Crippen LogP contribution is 2.37. The van der Waals surface area contributed by atoms with Gasteiger partial charge in [0.2, 0.25) is 0 Å². The molecule has 1 aromatic carbocycles. The molecule has 4 nitrogen and oxygen atoms in total. The molecule has 0 unspecified atom stereocenters. The number of hydrogen-bond acceptors (Lipinski definition) is 2. The molecule has 0 amide bonds. The highest BCUT2D eigenvalue weighted by Gasteiger charge is 2.21. The standard InChI is InChI=1S/C11H10BrNO3/c1-5-8(11(15)16)9-7(13(5)2)4-3-6(12)10(9)14/h3-4,14H,1-2H3,(H,15,16). The van der Waals surface area contributed by atoms with Crippen molar-refractivity contribution in [3.05, 3.63) is 27.9 Å². The van der Waals surface area contributed by atoms with Gasteiger partial charge in [0, 0.05) is 12.7 Å². The number of phenols is 1. The molecular weight excluding hydrogens is 274 g/mol. The largest absolute Gasteiger partial charge is 0.506 e. The lowest BCUT2D eigenvalue weighted by molar-refractivity contribution is 0.0697. The molecule has 84 valence electrons. The Labute approximate surface area is 100 Å². The summed E-state index contributed by atoms with van der Waals surface area (Å²) < 4.78 is 2.25. The third-order valence-electron chi connectivity index (χ3n) is 2.80. The van der Waals surface area contributed by atoms with Crippen LogP contribution in [0.5, 0.6) is 5.75 Å². The van der Waals surface area contributed by atoms with Gasteiger partial charge in [-0.3, -0.25) is 0 Å². The van der Waals surface area contributed by atoms with Crippen LogP contribution in [0.2, 0.25) is 0 Å². The van der Waals surface area contributed by atoms with E-state index in [1.807, 2.05) is 0 Å². The SMILES string of the molecule is Cc1c(C(=O)O)c2c(O)c(Br)ccc2n1C. The molecule has 0 saturated heterocycles. The average molecular weight is 284 g/mol. The number of benzene rings is 1. The number of rotatable bonds is 1. The molecule has 16 heavy (non-hydrogen) atoms. The van der Waals surface area contributed by atoms with Gasteiger partial charge in [0.15, 0.2) is 0 Å². The van der Waals surface area contributed by atoms with Crippen LogP contribution in [-0.4, -0.2) is 20.7 Å². The highest BCUT2D eigenvalue weighted by atomic mass is 79.9. The molecule has 0 spiro atoms. The maximum Gasteiger partial charge on any atom is 0.338 e. The van der Waals surface area contributed by atoms with Crippen molar-refractivity contribution in [3.63, 3.8) is 0 Å². The van der Waals surface area contributed by atoms with Crippen LogP contribution in [-0.2, 0) is 7.05 Å². The van der Waals surface area contributed by atoms with Crippen LogP contribution in [0.3, 0.4) is 0 Å². The monoisotopic (exact) mass is 283 g/mol. The fraction of sp³-hybridized carbons (Fsp3) is 0.182. The minimum atomic E-state index is -1.03. The minimum absolute atomic E-state index is 0.0291. The number of aromatic hydroxyl groups is 1. The van der Waals surface area contributed by atoms with Gasteiger partial charge in [-0.2, -0.15) is 0 Å². The van der Waals surface area contributed by atoms with Crippen molar-refractivity contribution in [1.82, 2.24) is 4.57 Å². The molecule has 0 atom stereocenters. The van der Waals surface area contributed by atoms with Crippen LogP contribution in [0.4, 0.5) is 0 Å². The first kappa shape index (κ1) is 11.0. The summed E-state index contributed by atoms with van der Waals surface area (Å²) in [6.45, 7) is 1.72. The normalized spacial score (nSPS) is 10.9. The van der Waals surface area contributed by atoms with Gasteiger partial charge in [-0.15, -0.1) is 0 Å². The second-order valence-electron chi connectivity index (χ2n) is 3.61. The summed E-state index contributed by atoms with van der Waals surface area (Å²) in [5.41, 5.74) is 1.47. The molecule has 1 aromatic heterocycles. The van der Waals surface area contributed by atoms with Crippen molar-refractivity contribution in [2.24, 2.45) is 7.05 Å². The number of carboxylic acid groups (broad SMARTS) is 1. The Balaban J connectivity index is 3.04. The number of aromatic nitrogens is 1. The highest BCUT2D eigenvalue weighted by molar-refractivity contribution is 9.10. The van der Waals surface area contributed by atoms with E-state index in [4.69, 9.17) is 5.11 Å². The Morgan fingerprint density at radius 3 is 2.62 bits per heavy atom. The summed E-state index contributed by atoms with van der Waals surface area (Å²) in [6, 6.07) is 3.47.